The van der Waals surface area contributed by atoms with Crippen LogP contribution in [-0.2, 0) is 0 Å². The molecule has 0 unspecified atom stereocenters. The zero-order valence-electron chi connectivity index (χ0n) is 14.4. The second kappa shape index (κ2) is 13.4. The summed E-state index contributed by atoms with van der Waals surface area (Å²) in [4.78, 5) is 0. The van der Waals surface area contributed by atoms with Gasteiger partial charge in [-0.25, -0.2) is 0 Å². The Labute approximate surface area is 137 Å². The highest BCUT2D eigenvalue weighted by molar-refractivity contribution is 5.50. The fourth-order valence-electron chi connectivity index (χ4n) is 2.73. The van der Waals surface area contributed by atoms with Crippen LogP contribution >= 0.6 is 0 Å². The summed E-state index contributed by atoms with van der Waals surface area (Å²) in [5.41, 5.74) is 1.17. The van der Waals surface area contributed by atoms with Gasteiger partial charge in [0, 0.05) is 0 Å². The van der Waals surface area contributed by atoms with Crippen molar-refractivity contribution in [1.82, 2.24) is 0 Å². The van der Waals surface area contributed by atoms with E-state index in [0.29, 0.717) is 5.75 Å². The number of rotatable bonds is 13. The van der Waals surface area contributed by atoms with Crippen molar-refractivity contribution < 1.29 is 5.11 Å². The predicted octanol–water partition coefficient (Wildman–Crippen LogP) is 7.11. The van der Waals surface area contributed by atoms with Crippen LogP contribution in [-0.4, -0.2) is 5.11 Å². The zero-order valence-corrected chi connectivity index (χ0v) is 14.4. The SMILES string of the molecule is CCCCCCCCCCCCCC=Cc1ccc(O)cc1. The molecule has 0 aliphatic carbocycles. The molecule has 0 amide bonds. The highest BCUT2D eigenvalue weighted by Gasteiger charge is 1.93. The van der Waals surface area contributed by atoms with Crippen LogP contribution in [0.25, 0.3) is 6.08 Å². The molecule has 0 atom stereocenters. The minimum atomic E-state index is 0.336. The molecular formula is C21H34O. The third-order valence-corrected chi connectivity index (χ3v) is 4.18. The molecule has 0 heterocycles. The summed E-state index contributed by atoms with van der Waals surface area (Å²) in [6, 6.07) is 7.38. The minimum Gasteiger partial charge on any atom is -0.508 e. The molecular weight excluding hydrogens is 268 g/mol. The van der Waals surface area contributed by atoms with Crippen molar-refractivity contribution in [1.29, 1.82) is 0 Å². The van der Waals surface area contributed by atoms with E-state index in [-0.39, 0.29) is 0 Å². The van der Waals surface area contributed by atoms with E-state index in [0.717, 1.165) is 6.42 Å². The van der Waals surface area contributed by atoms with E-state index < -0.39 is 0 Å². The van der Waals surface area contributed by atoms with Crippen molar-refractivity contribution in [3.8, 4) is 5.75 Å². The van der Waals surface area contributed by atoms with Crippen molar-refractivity contribution in [2.45, 2.75) is 84.0 Å². The van der Waals surface area contributed by atoms with Crippen LogP contribution in [0.3, 0.4) is 0 Å². The highest BCUT2D eigenvalue weighted by Crippen LogP contribution is 2.13. The summed E-state index contributed by atoms with van der Waals surface area (Å²) < 4.78 is 0. The van der Waals surface area contributed by atoms with E-state index in [4.69, 9.17) is 0 Å². The first kappa shape index (κ1) is 18.8. The predicted molar refractivity (Wildman–Crippen MR) is 98.2 cm³/mol. The van der Waals surface area contributed by atoms with Crippen molar-refractivity contribution in [2.24, 2.45) is 0 Å². The first-order valence-electron chi connectivity index (χ1n) is 9.28. The van der Waals surface area contributed by atoms with Gasteiger partial charge < -0.3 is 5.11 Å². The Morgan fingerprint density at radius 3 is 1.77 bits per heavy atom. The molecule has 0 spiro atoms. The lowest BCUT2D eigenvalue weighted by molar-refractivity contribution is 0.475. The van der Waals surface area contributed by atoms with E-state index >= 15 is 0 Å². The van der Waals surface area contributed by atoms with E-state index in [1.54, 1.807) is 12.1 Å². The first-order chi connectivity index (χ1) is 10.8. The summed E-state index contributed by atoms with van der Waals surface area (Å²) in [5, 5.41) is 9.22. The molecule has 0 aliphatic heterocycles. The lowest BCUT2D eigenvalue weighted by Gasteiger charge is -2.01. The third kappa shape index (κ3) is 10.5. The van der Waals surface area contributed by atoms with Gasteiger partial charge in [-0.2, -0.15) is 0 Å². The number of hydrogen-bond donors (Lipinski definition) is 1. The van der Waals surface area contributed by atoms with Gasteiger partial charge in [0.1, 0.15) is 5.75 Å². The molecule has 1 aromatic rings. The van der Waals surface area contributed by atoms with Gasteiger partial charge in [-0.05, 0) is 30.5 Å². The molecule has 22 heavy (non-hydrogen) atoms. The smallest absolute Gasteiger partial charge is 0.115 e. The van der Waals surface area contributed by atoms with Crippen LogP contribution in [0.15, 0.2) is 30.3 Å². The average molecular weight is 303 g/mol. The standard InChI is InChI=1S/C21H34O/c1-2-3-4-5-6-7-8-9-10-11-12-13-14-15-20-16-18-21(22)19-17-20/h14-19,22H,2-13H2,1H3. The van der Waals surface area contributed by atoms with Crippen molar-refractivity contribution in [2.75, 3.05) is 0 Å². The summed E-state index contributed by atoms with van der Waals surface area (Å²) in [6.45, 7) is 2.28. The number of hydrogen-bond acceptors (Lipinski definition) is 1. The van der Waals surface area contributed by atoms with Gasteiger partial charge in [0.25, 0.3) is 0 Å². The van der Waals surface area contributed by atoms with Crippen molar-refractivity contribution in [3.05, 3.63) is 35.9 Å². The number of aromatic hydroxyl groups is 1. The van der Waals surface area contributed by atoms with E-state index in [2.05, 4.69) is 19.1 Å². The second-order valence-electron chi connectivity index (χ2n) is 6.32. The normalized spacial score (nSPS) is 11.3. The maximum absolute atomic E-state index is 9.22. The van der Waals surface area contributed by atoms with Crippen LogP contribution in [0.1, 0.15) is 89.5 Å². The summed E-state index contributed by atoms with van der Waals surface area (Å²) >= 11 is 0. The van der Waals surface area contributed by atoms with Gasteiger partial charge in [-0.1, -0.05) is 95.4 Å². The van der Waals surface area contributed by atoms with E-state index in [1.807, 2.05) is 12.1 Å². The Morgan fingerprint density at radius 2 is 1.23 bits per heavy atom. The van der Waals surface area contributed by atoms with E-state index in [1.165, 1.54) is 76.2 Å². The maximum Gasteiger partial charge on any atom is 0.115 e. The molecule has 1 N–H and O–H groups in total. The van der Waals surface area contributed by atoms with E-state index in [9.17, 15) is 5.11 Å². The summed E-state index contributed by atoms with van der Waals surface area (Å²) in [7, 11) is 0. The number of phenolic OH excluding ortho intramolecular Hbond substituents is 1. The van der Waals surface area contributed by atoms with Gasteiger partial charge in [-0.15, -0.1) is 0 Å². The lowest BCUT2D eigenvalue weighted by atomic mass is 10.1. The topological polar surface area (TPSA) is 20.2 Å². The molecule has 0 saturated carbocycles. The quantitative estimate of drug-likeness (QED) is 0.385. The van der Waals surface area contributed by atoms with Gasteiger partial charge in [0.2, 0.25) is 0 Å². The van der Waals surface area contributed by atoms with Crippen LogP contribution in [0.2, 0.25) is 0 Å². The molecule has 0 saturated heterocycles. The largest absolute Gasteiger partial charge is 0.508 e. The molecule has 1 aromatic carbocycles. The van der Waals surface area contributed by atoms with Gasteiger partial charge in [0.15, 0.2) is 0 Å². The fraction of sp³-hybridized carbons (Fsp3) is 0.619. The molecule has 1 rings (SSSR count). The second-order valence-corrected chi connectivity index (χ2v) is 6.32. The Balaban J connectivity index is 1.86. The molecule has 1 heteroatoms. The Hall–Kier alpha value is -1.24. The molecule has 1 nitrogen and oxygen atoms in total. The van der Waals surface area contributed by atoms with Crippen molar-refractivity contribution >= 4 is 6.08 Å². The molecule has 0 bridgehead atoms. The van der Waals surface area contributed by atoms with Crippen molar-refractivity contribution in [3.63, 3.8) is 0 Å². The lowest BCUT2D eigenvalue weighted by Crippen LogP contribution is -1.82. The first-order valence-corrected chi connectivity index (χ1v) is 9.28. The maximum atomic E-state index is 9.22. The molecule has 124 valence electrons. The Morgan fingerprint density at radius 1 is 0.727 bits per heavy atom. The van der Waals surface area contributed by atoms with Crippen LogP contribution in [0.4, 0.5) is 0 Å². The fourth-order valence-corrected chi connectivity index (χ4v) is 2.73. The Kier molecular flexibility index (Phi) is 11.5. The van der Waals surface area contributed by atoms with Gasteiger partial charge in [-0.3, -0.25) is 0 Å². The van der Waals surface area contributed by atoms with Crippen LogP contribution in [0, 0.1) is 0 Å². The summed E-state index contributed by atoms with van der Waals surface area (Å²) in [6.07, 6.45) is 21.0. The number of phenols is 1. The highest BCUT2D eigenvalue weighted by atomic mass is 16.3. The molecule has 0 aromatic heterocycles. The molecule has 0 radical (unpaired) electrons. The monoisotopic (exact) mass is 302 g/mol. The van der Waals surface area contributed by atoms with Crippen LogP contribution < -0.4 is 0 Å². The zero-order chi connectivity index (χ0) is 15.9. The average Bonchev–Trinajstić information content (AvgIpc) is 2.53. The third-order valence-electron chi connectivity index (χ3n) is 4.18. The molecule has 0 fully saturated rings. The number of allylic oxidation sites excluding steroid dienone is 1. The number of unbranched alkanes of at least 4 members (excludes halogenated alkanes) is 11. The Bertz CT molecular complexity index is 377. The minimum absolute atomic E-state index is 0.336. The molecule has 0 aliphatic rings. The van der Waals surface area contributed by atoms with Crippen LogP contribution in [0.5, 0.6) is 5.75 Å². The number of benzene rings is 1. The summed E-state index contributed by atoms with van der Waals surface area (Å²) in [5.74, 6) is 0.336. The van der Waals surface area contributed by atoms with Gasteiger partial charge >= 0.3 is 0 Å². The van der Waals surface area contributed by atoms with Gasteiger partial charge in [0.05, 0.1) is 0 Å².